The Morgan fingerprint density at radius 3 is 2.78 bits per heavy atom. The minimum Gasteiger partial charge on any atom is -0.347 e. The summed E-state index contributed by atoms with van der Waals surface area (Å²) in [5.41, 5.74) is 0. The molecule has 1 N–H and O–H groups in total. The molecule has 18 heavy (non-hydrogen) atoms. The monoisotopic (exact) mass is 257 g/mol. The van der Waals surface area contributed by atoms with Crippen LogP contribution in [0.4, 0.5) is 8.78 Å². The van der Waals surface area contributed by atoms with Crippen molar-refractivity contribution in [1.29, 1.82) is 0 Å². The Kier molecular flexibility index (Phi) is 3.63. The van der Waals surface area contributed by atoms with Crippen LogP contribution in [-0.4, -0.2) is 33.7 Å². The highest BCUT2D eigenvalue weighted by Crippen LogP contribution is 2.36. The van der Waals surface area contributed by atoms with E-state index in [1.807, 2.05) is 0 Å². The lowest BCUT2D eigenvalue weighted by Crippen LogP contribution is -2.37. The summed E-state index contributed by atoms with van der Waals surface area (Å²) in [7, 11) is 1.68. The molecule has 6 heteroatoms. The van der Waals surface area contributed by atoms with E-state index in [9.17, 15) is 13.6 Å². The molecule has 1 amide bonds. The van der Waals surface area contributed by atoms with Crippen LogP contribution in [0, 0.1) is 5.92 Å². The summed E-state index contributed by atoms with van der Waals surface area (Å²) in [6.45, 7) is 0.388. The maximum atomic E-state index is 13.0. The summed E-state index contributed by atoms with van der Waals surface area (Å²) < 4.78 is 26.0. The molecule has 0 aromatic carbocycles. The average molecular weight is 257 g/mol. The van der Waals surface area contributed by atoms with Crippen molar-refractivity contribution in [3.8, 4) is 0 Å². The molecule has 0 spiro atoms. The summed E-state index contributed by atoms with van der Waals surface area (Å²) in [6, 6.07) is 0. The molecular weight excluding hydrogens is 240 g/mol. The van der Waals surface area contributed by atoms with E-state index in [0.29, 0.717) is 12.4 Å². The number of hydrogen-bond donors (Lipinski definition) is 1. The molecule has 2 rings (SSSR count). The number of alkyl halides is 2. The van der Waals surface area contributed by atoms with Gasteiger partial charge in [0.15, 0.2) is 0 Å². The Hall–Kier alpha value is -1.46. The molecule has 0 atom stereocenters. The predicted octanol–water partition coefficient (Wildman–Crippen LogP) is 2.19. The zero-order valence-electron chi connectivity index (χ0n) is 10.3. The standard InChI is InChI=1S/C12H17F2N3O/c1-17(8-10-15-6-7-16-10)11(18)9-2-4-12(13,14)5-3-9/h6-7,9H,2-5,8H2,1H3,(H,15,16). The van der Waals surface area contributed by atoms with Crippen LogP contribution < -0.4 is 0 Å². The highest BCUT2D eigenvalue weighted by molar-refractivity contribution is 5.78. The average Bonchev–Trinajstić information content (AvgIpc) is 2.81. The highest BCUT2D eigenvalue weighted by Gasteiger charge is 2.38. The van der Waals surface area contributed by atoms with Crippen molar-refractivity contribution in [1.82, 2.24) is 14.9 Å². The van der Waals surface area contributed by atoms with E-state index in [1.54, 1.807) is 24.3 Å². The predicted molar refractivity (Wildman–Crippen MR) is 62.0 cm³/mol. The van der Waals surface area contributed by atoms with Crippen molar-refractivity contribution in [2.24, 2.45) is 5.92 Å². The van der Waals surface area contributed by atoms with Gasteiger partial charge in [-0.2, -0.15) is 0 Å². The number of nitrogens with one attached hydrogen (secondary N) is 1. The largest absolute Gasteiger partial charge is 0.347 e. The van der Waals surface area contributed by atoms with Crippen molar-refractivity contribution in [3.05, 3.63) is 18.2 Å². The van der Waals surface area contributed by atoms with Gasteiger partial charge >= 0.3 is 0 Å². The van der Waals surface area contributed by atoms with Gasteiger partial charge in [0.1, 0.15) is 5.82 Å². The van der Waals surface area contributed by atoms with Crippen LogP contribution in [0.2, 0.25) is 0 Å². The first-order chi connectivity index (χ1) is 8.48. The van der Waals surface area contributed by atoms with Gasteiger partial charge in [-0.25, -0.2) is 13.8 Å². The third-order valence-electron chi connectivity index (χ3n) is 3.38. The van der Waals surface area contributed by atoms with Gasteiger partial charge < -0.3 is 9.88 Å². The van der Waals surface area contributed by atoms with Crippen molar-refractivity contribution in [2.45, 2.75) is 38.2 Å². The van der Waals surface area contributed by atoms with Crippen LogP contribution in [-0.2, 0) is 11.3 Å². The molecule has 0 unspecified atom stereocenters. The minimum absolute atomic E-state index is 0.0677. The van der Waals surface area contributed by atoms with E-state index in [1.165, 1.54) is 0 Å². The fraction of sp³-hybridized carbons (Fsp3) is 0.667. The third-order valence-corrected chi connectivity index (χ3v) is 3.38. The maximum absolute atomic E-state index is 13.0. The van der Waals surface area contributed by atoms with Gasteiger partial charge in [-0.15, -0.1) is 0 Å². The lowest BCUT2D eigenvalue weighted by molar-refractivity contribution is -0.139. The number of hydrogen-bond acceptors (Lipinski definition) is 2. The van der Waals surface area contributed by atoms with Crippen LogP contribution >= 0.6 is 0 Å². The molecule has 0 aliphatic heterocycles. The Morgan fingerprint density at radius 2 is 2.22 bits per heavy atom. The smallest absolute Gasteiger partial charge is 0.248 e. The lowest BCUT2D eigenvalue weighted by Gasteiger charge is -2.30. The van der Waals surface area contributed by atoms with Crippen LogP contribution in [0.25, 0.3) is 0 Å². The number of aromatic amines is 1. The zero-order chi connectivity index (χ0) is 13.2. The number of rotatable bonds is 3. The fourth-order valence-electron chi connectivity index (χ4n) is 2.29. The molecule has 1 aliphatic rings. The van der Waals surface area contributed by atoms with Crippen LogP contribution in [0.3, 0.4) is 0 Å². The van der Waals surface area contributed by atoms with E-state index in [2.05, 4.69) is 9.97 Å². The second kappa shape index (κ2) is 5.04. The Bertz CT molecular complexity index is 395. The van der Waals surface area contributed by atoms with Gasteiger partial charge in [0.05, 0.1) is 6.54 Å². The van der Waals surface area contributed by atoms with Crippen molar-refractivity contribution in [3.63, 3.8) is 0 Å². The Morgan fingerprint density at radius 1 is 1.56 bits per heavy atom. The van der Waals surface area contributed by atoms with E-state index in [4.69, 9.17) is 0 Å². The summed E-state index contributed by atoms with van der Waals surface area (Å²) in [6.07, 6.45) is 3.49. The van der Waals surface area contributed by atoms with E-state index in [0.717, 1.165) is 0 Å². The first-order valence-corrected chi connectivity index (χ1v) is 6.09. The van der Waals surface area contributed by atoms with E-state index < -0.39 is 5.92 Å². The van der Waals surface area contributed by atoms with Crippen LogP contribution in [0.5, 0.6) is 0 Å². The summed E-state index contributed by atoms with van der Waals surface area (Å²) in [4.78, 5) is 20.6. The van der Waals surface area contributed by atoms with Gasteiger partial charge in [0, 0.05) is 38.2 Å². The molecule has 1 heterocycles. The van der Waals surface area contributed by atoms with Gasteiger partial charge in [-0.05, 0) is 12.8 Å². The Labute approximate surface area is 104 Å². The second-order valence-electron chi connectivity index (χ2n) is 4.86. The van der Waals surface area contributed by atoms with Crippen molar-refractivity contribution < 1.29 is 13.6 Å². The zero-order valence-corrected chi connectivity index (χ0v) is 10.3. The number of H-pyrrole nitrogens is 1. The highest BCUT2D eigenvalue weighted by atomic mass is 19.3. The molecule has 1 aromatic rings. The molecule has 100 valence electrons. The molecule has 0 radical (unpaired) electrons. The van der Waals surface area contributed by atoms with Crippen molar-refractivity contribution in [2.75, 3.05) is 7.05 Å². The summed E-state index contributed by atoms with van der Waals surface area (Å²) in [5, 5.41) is 0. The molecule has 0 saturated heterocycles. The second-order valence-corrected chi connectivity index (χ2v) is 4.86. The van der Waals surface area contributed by atoms with Gasteiger partial charge in [-0.3, -0.25) is 4.79 Å². The molecule has 1 saturated carbocycles. The van der Waals surface area contributed by atoms with Crippen molar-refractivity contribution >= 4 is 5.91 Å². The molecule has 0 bridgehead atoms. The number of aromatic nitrogens is 2. The topological polar surface area (TPSA) is 49.0 Å². The van der Waals surface area contributed by atoms with Gasteiger partial charge in [-0.1, -0.05) is 0 Å². The first-order valence-electron chi connectivity index (χ1n) is 6.09. The molecule has 4 nitrogen and oxygen atoms in total. The lowest BCUT2D eigenvalue weighted by atomic mass is 9.86. The van der Waals surface area contributed by atoms with Crippen LogP contribution in [0.1, 0.15) is 31.5 Å². The number of amides is 1. The van der Waals surface area contributed by atoms with Gasteiger partial charge in [0.2, 0.25) is 11.8 Å². The van der Waals surface area contributed by atoms with E-state index in [-0.39, 0.29) is 37.5 Å². The normalized spacial score (nSPS) is 19.7. The number of carbonyl (C=O) groups excluding carboxylic acids is 1. The molecular formula is C12H17F2N3O. The van der Waals surface area contributed by atoms with Crippen LogP contribution in [0.15, 0.2) is 12.4 Å². The SMILES string of the molecule is CN(Cc1ncc[nH]1)C(=O)C1CCC(F)(F)CC1. The minimum atomic E-state index is -2.59. The van der Waals surface area contributed by atoms with Gasteiger partial charge in [0.25, 0.3) is 0 Å². The molecule has 1 fully saturated rings. The number of halogens is 2. The quantitative estimate of drug-likeness (QED) is 0.902. The third kappa shape index (κ3) is 3.05. The molecule has 1 aromatic heterocycles. The fourth-order valence-corrected chi connectivity index (χ4v) is 2.29. The first kappa shape index (κ1) is 13.0. The number of nitrogens with zero attached hydrogens (tertiary/aromatic N) is 2. The summed E-state index contributed by atoms with van der Waals surface area (Å²) in [5.74, 6) is -2.23. The van der Waals surface area contributed by atoms with E-state index >= 15 is 0 Å². The Balaban J connectivity index is 1.87. The molecule has 1 aliphatic carbocycles. The number of imidazole rings is 1. The maximum Gasteiger partial charge on any atom is 0.248 e. The summed E-state index contributed by atoms with van der Waals surface area (Å²) >= 11 is 0. The number of carbonyl (C=O) groups is 1.